The number of carboxylic acids is 2. The molecule has 2 aliphatic rings. The van der Waals surface area contributed by atoms with Crippen molar-refractivity contribution in [2.45, 2.75) is 79.1 Å². The smallest absolute Gasteiger partial charge is 0.303 e. The van der Waals surface area contributed by atoms with Crippen LogP contribution in [-0.2, 0) is 22.4 Å². The fourth-order valence-electron chi connectivity index (χ4n) is 6.32. The average molecular weight is 617 g/mol. The Morgan fingerprint density at radius 3 is 1.48 bits per heavy atom. The molecular formula is C36H36N6O4. The first kappa shape index (κ1) is 31.9. The van der Waals surface area contributed by atoms with Gasteiger partial charge in [0.05, 0.1) is 34.9 Å². The van der Waals surface area contributed by atoms with E-state index in [1.165, 1.54) is 0 Å². The summed E-state index contributed by atoms with van der Waals surface area (Å²) < 4.78 is 0. The van der Waals surface area contributed by atoms with Crippen molar-refractivity contribution in [2.24, 2.45) is 0 Å². The Morgan fingerprint density at radius 2 is 1.04 bits per heavy atom. The van der Waals surface area contributed by atoms with Gasteiger partial charge in [0.1, 0.15) is 0 Å². The first-order chi connectivity index (χ1) is 22.0. The zero-order valence-corrected chi connectivity index (χ0v) is 26.5. The number of carboxylic acid groups (broad SMARTS) is 2. The van der Waals surface area contributed by atoms with Crippen molar-refractivity contribution in [1.82, 2.24) is 19.9 Å². The third kappa shape index (κ3) is 6.33. The van der Waals surface area contributed by atoms with Crippen LogP contribution in [0.15, 0.2) is 24.3 Å². The lowest BCUT2D eigenvalue weighted by molar-refractivity contribution is -0.138. The maximum atomic E-state index is 11.6. The van der Waals surface area contributed by atoms with Crippen LogP contribution in [0, 0.1) is 36.5 Å². The molecule has 46 heavy (non-hydrogen) atoms. The minimum absolute atomic E-state index is 0.0473. The minimum Gasteiger partial charge on any atom is -0.481 e. The second kappa shape index (κ2) is 13.3. The predicted molar refractivity (Wildman–Crippen MR) is 177 cm³/mol. The SMILES string of the molecule is CC1=C(CCC#N)c2cc3nc(cc4[nH]c(cc5[nH]c(cc1n2)c(C)c5CCC(=O)O)c(CCC(=O)O)c4C)C(CCC#N)=C3C. The number of fused-ring (bicyclic) bond motifs is 8. The summed E-state index contributed by atoms with van der Waals surface area (Å²) in [5.41, 5.74) is 13.3. The number of rotatable bonds is 10. The molecule has 2 aliphatic heterocycles. The molecule has 3 aromatic heterocycles. The highest BCUT2D eigenvalue weighted by molar-refractivity contribution is 5.95. The molecule has 0 amide bonds. The predicted octanol–water partition coefficient (Wildman–Crippen LogP) is 7.44. The third-order valence-electron chi connectivity index (χ3n) is 8.95. The van der Waals surface area contributed by atoms with Crippen molar-refractivity contribution in [3.63, 3.8) is 0 Å². The second-order valence-corrected chi connectivity index (χ2v) is 11.8. The molecule has 5 rings (SSSR count). The monoisotopic (exact) mass is 616 g/mol. The van der Waals surface area contributed by atoms with Crippen LogP contribution in [0.5, 0.6) is 0 Å². The summed E-state index contributed by atoms with van der Waals surface area (Å²) in [4.78, 5) is 40.2. The molecule has 0 aliphatic carbocycles. The van der Waals surface area contributed by atoms with E-state index in [4.69, 9.17) is 9.97 Å². The quantitative estimate of drug-likeness (QED) is 0.181. The Labute approximate surface area is 266 Å². The van der Waals surface area contributed by atoms with E-state index in [0.29, 0.717) is 38.5 Å². The molecule has 0 unspecified atom stereocenters. The fraction of sp³-hybridized carbons (Fsp3) is 0.333. The van der Waals surface area contributed by atoms with Gasteiger partial charge in [-0.25, -0.2) is 9.97 Å². The molecule has 234 valence electrons. The molecule has 0 atom stereocenters. The highest BCUT2D eigenvalue weighted by Gasteiger charge is 2.22. The van der Waals surface area contributed by atoms with Crippen molar-refractivity contribution < 1.29 is 19.8 Å². The Morgan fingerprint density at radius 1 is 0.630 bits per heavy atom. The van der Waals surface area contributed by atoms with Gasteiger partial charge in [0, 0.05) is 47.8 Å². The van der Waals surface area contributed by atoms with Gasteiger partial charge in [-0.1, -0.05) is 0 Å². The number of nitrogens with zero attached hydrogens (tertiary/aromatic N) is 4. The van der Waals surface area contributed by atoms with E-state index in [1.807, 2.05) is 52.0 Å². The Balaban J connectivity index is 1.93. The summed E-state index contributed by atoms with van der Waals surface area (Å²) in [6.45, 7) is 7.90. The highest BCUT2D eigenvalue weighted by atomic mass is 16.4. The van der Waals surface area contributed by atoms with E-state index in [-0.39, 0.29) is 12.8 Å². The lowest BCUT2D eigenvalue weighted by Gasteiger charge is -2.02. The minimum atomic E-state index is -0.900. The summed E-state index contributed by atoms with van der Waals surface area (Å²) in [5.74, 6) is -1.80. The number of hydrogen-bond acceptors (Lipinski definition) is 6. The second-order valence-electron chi connectivity index (χ2n) is 11.8. The number of allylic oxidation sites excluding steroid dienone is 4. The number of carbonyl (C=O) groups is 2. The van der Waals surface area contributed by atoms with E-state index in [9.17, 15) is 30.3 Å². The topological polar surface area (TPSA) is 180 Å². The molecule has 0 fully saturated rings. The van der Waals surface area contributed by atoms with Crippen molar-refractivity contribution in [3.8, 4) is 12.1 Å². The fourth-order valence-corrected chi connectivity index (χ4v) is 6.32. The van der Waals surface area contributed by atoms with Gasteiger partial charge in [-0.15, -0.1) is 0 Å². The van der Waals surface area contributed by atoms with Crippen molar-refractivity contribution in [1.29, 1.82) is 10.5 Å². The Kier molecular flexibility index (Phi) is 9.20. The molecule has 0 radical (unpaired) electrons. The lowest BCUT2D eigenvalue weighted by atomic mass is 9.99. The highest BCUT2D eigenvalue weighted by Crippen LogP contribution is 2.38. The molecule has 4 N–H and O–H groups in total. The molecule has 5 heterocycles. The summed E-state index contributed by atoms with van der Waals surface area (Å²) in [6, 6.07) is 12.3. The summed E-state index contributed by atoms with van der Waals surface area (Å²) in [5, 5.41) is 37.8. The van der Waals surface area contributed by atoms with Gasteiger partial charge in [0.2, 0.25) is 0 Å². The van der Waals surface area contributed by atoms with Crippen LogP contribution in [0.3, 0.4) is 0 Å². The average Bonchev–Trinajstić information content (AvgIpc) is 3.66. The van der Waals surface area contributed by atoms with Gasteiger partial charge >= 0.3 is 11.9 Å². The van der Waals surface area contributed by atoms with Gasteiger partial charge in [-0.3, -0.25) is 9.59 Å². The van der Waals surface area contributed by atoms with Gasteiger partial charge in [-0.2, -0.15) is 10.5 Å². The number of aromatic amines is 2. The van der Waals surface area contributed by atoms with Crippen LogP contribution >= 0.6 is 0 Å². The molecule has 0 spiro atoms. The van der Waals surface area contributed by atoms with Gasteiger partial charge in [0.25, 0.3) is 0 Å². The Bertz CT molecular complexity index is 2080. The largest absolute Gasteiger partial charge is 0.481 e. The number of hydrogen-bond donors (Lipinski definition) is 4. The number of nitriles is 2. The Hall–Kier alpha value is -5.48. The molecular weight excluding hydrogens is 580 g/mol. The lowest BCUT2D eigenvalue weighted by Crippen LogP contribution is -1.98. The molecule has 0 aromatic carbocycles. The van der Waals surface area contributed by atoms with Crippen LogP contribution in [-0.4, -0.2) is 42.1 Å². The van der Waals surface area contributed by atoms with Gasteiger partial charge < -0.3 is 20.2 Å². The first-order valence-corrected chi connectivity index (χ1v) is 15.3. The van der Waals surface area contributed by atoms with Crippen molar-refractivity contribution in [3.05, 3.63) is 69.3 Å². The van der Waals surface area contributed by atoms with Crippen LogP contribution in [0.25, 0.3) is 44.4 Å². The summed E-state index contributed by atoms with van der Waals surface area (Å²) >= 11 is 0. The first-order valence-electron chi connectivity index (χ1n) is 15.3. The molecule has 8 bridgehead atoms. The van der Waals surface area contributed by atoms with Crippen LogP contribution in [0.2, 0.25) is 0 Å². The van der Waals surface area contributed by atoms with Gasteiger partial charge in [-0.05, 0) is 122 Å². The van der Waals surface area contributed by atoms with Crippen LogP contribution in [0.4, 0.5) is 0 Å². The van der Waals surface area contributed by atoms with E-state index >= 15 is 0 Å². The summed E-state index contributed by atoms with van der Waals surface area (Å²) in [6.07, 6.45) is 2.23. The van der Waals surface area contributed by atoms with E-state index in [2.05, 4.69) is 22.1 Å². The number of aromatic nitrogens is 4. The number of aryl methyl sites for hydroxylation is 4. The normalized spacial score (nSPS) is 12.7. The molecule has 3 aromatic rings. The van der Waals surface area contributed by atoms with E-state index in [1.54, 1.807) is 0 Å². The van der Waals surface area contributed by atoms with Crippen molar-refractivity contribution >= 4 is 56.3 Å². The van der Waals surface area contributed by atoms with Gasteiger partial charge in [0.15, 0.2) is 0 Å². The molecule has 10 nitrogen and oxygen atoms in total. The zero-order valence-electron chi connectivity index (χ0n) is 26.5. The maximum Gasteiger partial charge on any atom is 0.303 e. The van der Waals surface area contributed by atoms with Crippen LogP contribution < -0.4 is 0 Å². The maximum absolute atomic E-state index is 11.6. The van der Waals surface area contributed by atoms with E-state index < -0.39 is 11.9 Å². The molecule has 0 saturated carbocycles. The van der Waals surface area contributed by atoms with Crippen molar-refractivity contribution in [2.75, 3.05) is 0 Å². The van der Waals surface area contributed by atoms with E-state index in [0.717, 1.165) is 89.4 Å². The number of H-pyrrole nitrogens is 2. The molecule has 0 saturated heterocycles. The molecule has 10 heteroatoms. The zero-order chi connectivity index (χ0) is 33.1. The standard InChI is InChI=1S/C36H36N6O4/c1-19-23(7-5-13-37)31-16-29-20(2)24(8-6-14-38)32(41-29)17-30-22(4)26(10-12-36(45)46)34(42-30)18-33-25(9-11-35(43)44)21(3)28(40-33)15-27(19)39-31/h15-18,40,42H,5-12H2,1-4H3,(H,43,44)(H,45,46). The number of aliphatic carboxylic acids is 2. The summed E-state index contributed by atoms with van der Waals surface area (Å²) in [7, 11) is 0. The van der Waals surface area contributed by atoms with Crippen LogP contribution in [0.1, 0.15) is 97.4 Å². The third-order valence-corrected chi connectivity index (χ3v) is 8.95. The number of nitrogens with one attached hydrogen (secondary N) is 2.